The zero-order valence-corrected chi connectivity index (χ0v) is 18.6. The van der Waals surface area contributed by atoms with Gasteiger partial charge in [0.25, 0.3) is 0 Å². The Labute approximate surface area is 174 Å². The number of nitrogens with one attached hydrogen (secondary N) is 2. The number of aliphatic imine (C=N–C) groups is 1. The molecule has 7 heteroatoms. The molecule has 1 heterocycles. The van der Waals surface area contributed by atoms with Crippen molar-refractivity contribution >= 4 is 52.1 Å². The van der Waals surface area contributed by atoms with Crippen molar-refractivity contribution in [1.82, 2.24) is 10.6 Å². The van der Waals surface area contributed by atoms with Gasteiger partial charge >= 0.3 is 0 Å². The van der Waals surface area contributed by atoms with E-state index >= 15 is 0 Å². The number of thiophene rings is 1. The summed E-state index contributed by atoms with van der Waals surface area (Å²) in [5, 5.41) is 6.49. The maximum Gasteiger partial charge on any atom is 0.191 e. The molecule has 0 saturated carbocycles. The Bertz CT molecular complexity index is 674. The van der Waals surface area contributed by atoms with Gasteiger partial charge in [-0.2, -0.15) is 0 Å². The molecular weight excluding hydrogens is 465 g/mol. The van der Waals surface area contributed by atoms with Crippen LogP contribution in [0.25, 0.3) is 0 Å². The number of guanidine groups is 1. The van der Waals surface area contributed by atoms with E-state index in [0.717, 1.165) is 23.8 Å². The van der Waals surface area contributed by atoms with Crippen LogP contribution in [0.15, 0.2) is 52.4 Å². The van der Waals surface area contributed by atoms with Gasteiger partial charge in [0, 0.05) is 33.5 Å². The van der Waals surface area contributed by atoms with Crippen LogP contribution in [0, 0.1) is 0 Å². The molecule has 1 unspecified atom stereocenters. The monoisotopic (exact) mass is 491 g/mol. The second kappa shape index (κ2) is 12.4. The summed E-state index contributed by atoms with van der Waals surface area (Å²) in [5.41, 5.74) is 0. The molecule has 2 aromatic rings. The van der Waals surface area contributed by atoms with Gasteiger partial charge in [-0.05, 0) is 37.6 Å². The highest BCUT2D eigenvalue weighted by Gasteiger charge is 2.04. The lowest BCUT2D eigenvalue weighted by atomic mass is 10.4. The van der Waals surface area contributed by atoms with Crippen molar-refractivity contribution in [3.05, 3.63) is 52.2 Å². The number of nitrogens with zero attached hydrogens (tertiary/aromatic N) is 1. The molecule has 0 aliphatic carbocycles. The summed E-state index contributed by atoms with van der Waals surface area (Å²) < 4.78 is 12.2. The molecule has 0 radical (unpaired) electrons. The molecule has 1 aromatic heterocycles. The van der Waals surface area contributed by atoms with Crippen LogP contribution >= 0.6 is 35.3 Å². The number of hydrogen-bond donors (Lipinski definition) is 2. The maximum absolute atomic E-state index is 12.2. The smallest absolute Gasteiger partial charge is 0.191 e. The number of benzene rings is 1. The average molecular weight is 491 g/mol. The van der Waals surface area contributed by atoms with Gasteiger partial charge in [-0.1, -0.05) is 25.1 Å². The lowest BCUT2D eigenvalue weighted by Crippen LogP contribution is -2.39. The highest BCUT2D eigenvalue weighted by atomic mass is 127. The molecule has 0 aliphatic rings. The van der Waals surface area contributed by atoms with Gasteiger partial charge < -0.3 is 10.6 Å². The Morgan fingerprint density at radius 2 is 1.80 bits per heavy atom. The number of rotatable bonds is 8. The fraction of sp³-hybridized carbons (Fsp3) is 0.389. The predicted octanol–water partition coefficient (Wildman–Crippen LogP) is 3.79. The van der Waals surface area contributed by atoms with Crippen molar-refractivity contribution in [1.29, 1.82) is 0 Å². The zero-order chi connectivity index (χ0) is 17.2. The summed E-state index contributed by atoms with van der Waals surface area (Å²) in [6, 6.07) is 13.9. The van der Waals surface area contributed by atoms with E-state index in [0.29, 0.717) is 18.8 Å². The van der Waals surface area contributed by atoms with E-state index in [1.54, 1.807) is 0 Å². The molecule has 1 aromatic carbocycles. The van der Waals surface area contributed by atoms with E-state index in [2.05, 4.69) is 34.7 Å². The van der Waals surface area contributed by atoms with E-state index in [4.69, 9.17) is 0 Å². The first kappa shape index (κ1) is 22.1. The van der Waals surface area contributed by atoms with Gasteiger partial charge in [0.15, 0.2) is 5.96 Å². The van der Waals surface area contributed by atoms with Crippen molar-refractivity contribution in [2.24, 2.45) is 4.99 Å². The fourth-order valence-electron chi connectivity index (χ4n) is 2.15. The molecule has 0 bridgehead atoms. The number of aryl methyl sites for hydroxylation is 1. The quantitative estimate of drug-likeness (QED) is 0.336. The Hall–Kier alpha value is -0.930. The van der Waals surface area contributed by atoms with E-state index in [-0.39, 0.29) is 24.0 Å². The van der Waals surface area contributed by atoms with Crippen molar-refractivity contribution in [2.75, 3.05) is 18.8 Å². The highest BCUT2D eigenvalue weighted by Crippen LogP contribution is 2.17. The normalized spacial score (nSPS) is 12.3. The van der Waals surface area contributed by atoms with E-state index < -0.39 is 10.8 Å². The van der Waals surface area contributed by atoms with Crippen LogP contribution in [0.5, 0.6) is 0 Å². The first-order valence-corrected chi connectivity index (χ1v) is 10.4. The molecule has 0 fully saturated rings. The molecule has 138 valence electrons. The zero-order valence-electron chi connectivity index (χ0n) is 14.7. The van der Waals surface area contributed by atoms with Crippen LogP contribution in [0.1, 0.15) is 23.6 Å². The minimum atomic E-state index is -0.985. The van der Waals surface area contributed by atoms with E-state index in [9.17, 15) is 4.21 Å². The molecule has 2 N–H and O–H groups in total. The van der Waals surface area contributed by atoms with Crippen LogP contribution in [-0.2, 0) is 23.8 Å². The maximum atomic E-state index is 12.2. The summed E-state index contributed by atoms with van der Waals surface area (Å²) in [4.78, 5) is 8.12. The molecule has 0 spiro atoms. The molecule has 1 atom stereocenters. The molecule has 4 nitrogen and oxygen atoms in total. The lowest BCUT2D eigenvalue weighted by molar-refractivity contribution is 0.681. The summed E-state index contributed by atoms with van der Waals surface area (Å²) in [6.07, 6.45) is 1.07. The van der Waals surface area contributed by atoms with Gasteiger partial charge in [-0.3, -0.25) is 4.21 Å². The highest BCUT2D eigenvalue weighted by molar-refractivity contribution is 14.0. The van der Waals surface area contributed by atoms with Gasteiger partial charge in [0.1, 0.15) is 0 Å². The van der Waals surface area contributed by atoms with E-state index in [1.165, 1.54) is 9.75 Å². The average Bonchev–Trinajstić information content (AvgIpc) is 3.08. The van der Waals surface area contributed by atoms with Gasteiger partial charge in [-0.15, -0.1) is 35.3 Å². The largest absolute Gasteiger partial charge is 0.357 e. The van der Waals surface area contributed by atoms with Crippen molar-refractivity contribution in [2.45, 2.75) is 31.7 Å². The van der Waals surface area contributed by atoms with Gasteiger partial charge in [-0.25, -0.2) is 4.99 Å². The minimum Gasteiger partial charge on any atom is -0.357 e. The third-order valence-electron chi connectivity index (χ3n) is 3.39. The SMILES string of the molecule is CCNC(=NCc1ccc(CC)s1)NCCS(=O)c1ccccc1.I. The minimum absolute atomic E-state index is 0. The van der Waals surface area contributed by atoms with Gasteiger partial charge in [0.2, 0.25) is 0 Å². The fourth-order valence-corrected chi connectivity index (χ4v) is 4.01. The Morgan fingerprint density at radius 1 is 1.08 bits per heavy atom. The van der Waals surface area contributed by atoms with Crippen molar-refractivity contribution in [3.8, 4) is 0 Å². The molecule has 25 heavy (non-hydrogen) atoms. The second-order valence-corrected chi connectivity index (χ2v) is 8.03. The van der Waals surface area contributed by atoms with Crippen LogP contribution in [0.2, 0.25) is 0 Å². The molecule has 0 saturated heterocycles. The van der Waals surface area contributed by atoms with Gasteiger partial charge in [0.05, 0.1) is 17.3 Å². The van der Waals surface area contributed by atoms with Crippen LogP contribution in [0.4, 0.5) is 0 Å². The third kappa shape index (κ3) is 7.87. The van der Waals surface area contributed by atoms with Crippen LogP contribution < -0.4 is 10.6 Å². The molecular formula is C18H26IN3OS2. The van der Waals surface area contributed by atoms with Crippen LogP contribution in [0.3, 0.4) is 0 Å². The summed E-state index contributed by atoms with van der Waals surface area (Å²) in [7, 11) is -0.985. The summed E-state index contributed by atoms with van der Waals surface area (Å²) in [5.74, 6) is 1.34. The van der Waals surface area contributed by atoms with Crippen LogP contribution in [-0.4, -0.2) is 29.0 Å². The van der Waals surface area contributed by atoms with E-state index in [1.807, 2.05) is 48.6 Å². The Kier molecular flexibility index (Phi) is 11.0. The topological polar surface area (TPSA) is 53.5 Å². The number of hydrogen-bond acceptors (Lipinski definition) is 3. The Morgan fingerprint density at radius 3 is 2.44 bits per heavy atom. The van der Waals surface area contributed by atoms with Crippen molar-refractivity contribution < 1.29 is 4.21 Å². The third-order valence-corrected chi connectivity index (χ3v) is 5.98. The van der Waals surface area contributed by atoms with Crippen molar-refractivity contribution in [3.63, 3.8) is 0 Å². The second-order valence-electron chi connectivity index (χ2n) is 5.21. The molecule has 0 aliphatic heterocycles. The standard InChI is InChI=1S/C18H25N3OS2.HI/c1-3-15-10-11-16(23-15)14-21-18(19-4-2)20-12-13-24(22)17-8-6-5-7-9-17;/h5-11H,3-4,12-14H2,1-2H3,(H2,19,20,21);1H. The molecule has 2 rings (SSSR count). The summed E-state index contributed by atoms with van der Waals surface area (Å²) in [6.45, 7) is 6.30. The number of halogens is 1. The first-order valence-electron chi connectivity index (χ1n) is 8.26. The Balaban J connectivity index is 0.00000312. The molecule has 0 amide bonds. The summed E-state index contributed by atoms with van der Waals surface area (Å²) >= 11 is 1.81. The first-order chi connectivity index (χ1) is 11.7. The lowest BCUT2D eigenvalue weighted by Gasteiger charge is -2.11. The predicted molar refractivity (Wildman–Crippen MR) is 120 cm³/mol.